The van der Waals surface area contributed by atoms with Gasteiger partial charge in [0.2, 0.25) is 0 Å². The summed E-state index contributed by atoms with van der Waals surface area (Å²) in [6.07, 6.45) is 2.16. The van der Waals surface area contributed by atoms with Crippen molar-refractivity contribution in [2.45, 2.75) is 18.6 Å². The monoisotopic (exact) mass is 325 g/mol. The third-order valence-corrected chi connectivity index (χ3v) is 5.18. The summed E-state index contributed by atoms with van der Waals surface area (Å²) in [5.41, 5.74) is 3.34. The molecule has 0 radical (unpaired) electrons. The van der Waals surface area contributed by atoms with Gasteiger partial charge in [-0.15, -0.1) is 0 Å². The van der Waals surface area contributed by atoms with Crippen molar-refractivity contribution in [2.24, 2.45) is 0 Å². The number of benzene rings is 1. The van der Waals surface area contributed by atoms with Crippen LogP contribution in [0.25, 0.3) is 0 Å². The van der Waals surface area contributed by atoms with Crippen LogP contribution < -0.4 is 0 Å². The van der Waals surface area contributed by atoms with Crippen molar-refractivity contribution in [2.75, 3.05) is 33.9 Å². The Morgan fingerprint density at radius 2 is 1.92 bits per heavy atom. The number of aromatic nitrogens is 1. The zero-order valence-corrected chi connectivity index (χ0v) is 14.2. The highest BCUT2D eigenvalue weighted by Crippen LogP contribution is 2.39. The van der Waals surface area contributed by atoms with E-state index in [0.717, 1.165) is 38.4 Å². The van der Waals surface area contributed by atoms with E-state index >= 15 is 0 Å². The molecule has 2 aromatic rings. The van der Waals surface area contributed by atoms with Gasteiger partial charge in [-0.25, -0.2) is 0 Å². The number of amides is 1. The first-order chi connectivity index (χ1) is 11.6. The molecule has 3 heterocycles. The maximum Gasteiger partial charge on any atom is 0.253 e. The fourth-order valence-corrected chi connectivity index (χ4v) is 3.72. The van der Waals surface area contributed by atoms with E-state index in [0.29, 0.717) is 0 Å². The van der Waals surface area contributed by atoms with Crippen molar-refractivity contribution in [1.82, 2.24) is 14.4 Å². The molecule has 5 nitrogen and oxygen atoms in total. The van der Waals surface area contributed by atoms with E-state index in [2.05, 4.69) is 39.9 Å². The number of hydrogen-bond donors (Lipinski definition) is 0. The van der Waals surface area contributed by atoms with Gasteiger partial charge in [0.15, 0.2) is 0 Å². The molecule has 5 heteroatoms. The Morgan fingerprint density at radius 1 is 1.17 bits per heavy atom. The molecule has 0 atom stereocenters. The summed E-state index contributed by atoms with van der Waals surface area (Å²) in [6.45, 7) is 4.43. The normalized spacial score (nSPS) is 18.9. The van der Waals surface area contributed by atoms with Crippen molar-refractivity contribution in [3.05, 3.63) is 59.4 Å². The zero-order chi connectivity index (χ0) is 16.7. The number of hydrogen-bond acceptors (Lipinski definition) is 3. The molecule has 2 aliphatic heterocycles. The summed E-state index contributed by atoms with van der Waals surface area (Å²) in [5, 5.41) is 0. The Kier molecular flexibility index (Phi) is 3.70. The van der Waals surface area contributed by atoms with E-state index < -0.39 is 0 Å². The second-order valence-corrected chi connectivity index (χ2v) is 6.93. The topological polar surface area (TPSA) is 37.7 Å². The van der Waals surface area contributed by atoms with Crippen LogP contribution in [0.3, 0.4) is 0 Å². The van der Waals surface area contributed by atoms with Gasteiger partial charge < -0.3 is 14.2 Å². The second kappa shape index (κ2) is 5.76. The minimum Gasteiger partial charge on any atom is -0.377 e. The Labute approximate surface area is 142 Å². The quantitative estimate of drug-likeness (QED) is 0.865. The molecule has 1 fully saturated rings. The van der Waals surface area contributed by atoms with E-state index in [1.54, 1.807) is 19.0 Å². The molecule has 126 valence electrons. The summed E-state index contributed by atoms with van der Waals surface area (Å²) in [7, 11) is 3.55. The molecule has 1 aromatic carbocycles. The molecule has 0 bridgehead atoms. The second-order valence-electron chi connectivity index (χ2n) is 6.93. The average Bonchev–Trinajstić information content (AvgIpc) is 3.02. The van der Waals surface area contributed by atoms with Crippen LogP contribution in [-0.2, 0) is 23.4 Å². The lowest BCUT2D eigenvalue weighted by atomic mass is 9.88. The summed E-state index contributed by atoms with van der Waals surface area (Å²) < 4.78 is 7.93. The predicted octanol–water partition coefficient (Wildman–Crippen LogP) is 1.93. The summed E-state index contributed by atoms with van der Waals surface area (Å²) in [6, 6.07) is 12.3. The van der Waals surface area contributed by atoms with Gasteiger partial charge in [0, 0.05) is 51.2 Å². The number of nitrogens with zero attached hydrogens (tertiary/aromatic N) is 3. The molecule has 2 aliphatic rings. The number of fused-ring (bicyclic) bond motifs is 2. The van der Waals surface area contributed by atoms with Crippen molar-refractivity contribution < 1.29 is 9.53 Å². The first-order valence-electron chi connectivity index (χ1n) is 8.39. The summed E-state index contributed by atoms with van der Waals surface area (Å²) >= 11 is 0. The maximum atomic E-state index is 12.0. The van der Waals surface area contributed by atoms with Gasteiger partial charge in [-0.1, -0.05) is 12.1 Å². The molecule has 0 unspecified atom stereocenters. The largest absolute Gasteiger partial charge is 0.377 e. The molecule has 0 saturated carbocycles. The zero-order valence-electron chi connectivity index (χ0n) is 14.2. The van der Waals surface area contributed by atoms with Crippen LogP contribution in [0.4, 0.5) is 0 Å². The van der Waals surface area contributed by atoms with Gasteiger partial charge in [-0.3, -0.25) is 9.69 Å². The highest BCUT2D eigenvalue weighted by molar-refractivity contribution is 5.93. The number of carbonyl (C=O) groups is 1. The first kappa shape index (κ1) is 15.4. The van der Waals surface area contributed by atoms with Gasteiger partial charge >= 0.3 is 0 Å². The molecule has 24 heavy (non-hydrogen) atoms. The van der Waals surface area contributed by atoms with Gasteiger partial charge in [0.25, 0.3) is 5.91 Å². The molecular weight excluding hydrogens is 302 g/mol. The van der Waals surface area contributed by atoms with E-state index in [4.69, 9.17) is 4.74 Å². The smallest absolute Gasteiger partial charge is 0.253 e. The Hall–Kier alpha value is -2.11. The van der Waals surface area contributed by atoms with Gasteiger partial charge in [-0.2, -0.15) is 0 Å². The standard InChI is InChI=1S/C19H23N3O2/c1-20(2)18(23)16-7-5-15(6-8-16)12-22-11-10-21-9-3-4-17(21)19(22)13-24-14-19/h3-9H,10-14H2,1-2H3. The van der Waals surface area contributed by atoms with E-state index in [1.165, 1.54) is 11.3 Å². The van der Waals surface area contributed by atoms with Crippen molar-refractivity contribution in [3.63, 3.8) is 0 Å². The SMILES string of the molecule is CN(C)C(=O)c1ccc(CN2CCn3cccc3C23COC3)cc1. The molecule has 1 spiro atoms. The van der Waals surface area contributed by atoms with Gasteiger partial charge in [0.05, 0.1) is 13.2 Å². The molecule has 0 aliphatic carbocycles. The van der Waals surface area contributed by atoms with E-state index in [1.807, 2.05) is 12.1 Å². The number of rotatable bonds is 3. The molecular formula is C19H23N3O2. The predicted molar refractivity (Wildman–Crippen MR) is 91.8 cm³/mol. The summed E-state index contributed by atoms with van der Waals surface area (Å²) in [5.74, 6) is 0.0428. The fraction of sp³-hybridized carbons (Fsp3) is 0.421. The third-order valence-electron chi connectivity index (χ3n) is 5.18. The molecule has 0 N–H and O–H groups in total. The highest BCUT2D eigenvalue weighted by Gasteiger charge is 2.49. The highest BCUT2D eigenvalue weighted by atomic mass is 16.5. The van der Waals surface area contributed by atoms with Crippen molar-refractivity contribution in [3.8, 4) is 0 Å². The maximum absolute atomic E-state index is 12.0. The summed E-state index contributed by atoms with van der Waals surface area (Å²) in [4.78, 5) is 16.1. The van der Waals surface area contributed by atoms with Gasteiger partial charge in [-0.05, 0) is 29.8 Å². The van der Waals surface area contributed by atoms with Crippen LogP contribution in [-0.4, -0.2) is 54.1 Å². The van der Waals surface area contributed by atoms with Crippen LogP contribution in [0.1, 0.15) is 21.6 Å². The van der Waals surface area contributed by atoms with E-state index in [9.17, 15) is 4.79 Å². The van der Waals surface area contributed by atoms with Crippen LogP contribution in [0.2, 0.25) is 0 Å². The van der Waals surface area contributed by atoms with Crippen LogP contribution in [0.15, 0.2) is 42.6 Å². The Balaban J connectivity index is 1.54. The minimum absolute atomic E-state index is 0.0138. The third kappa shape index (κ3) is 2.36. The van der Waals surface area contributed by atoms with Crippen LogP contribution >= 0.6 is 0 Å². The molecule has 1 saturated heterocycles. The van der Waals surface area contributed by atoms with Gasteiger partial charge in [0.1, 0.15) is 5.54 Å². The lowest BCUT2D eigenvalue weighted by molar-refractivity contribution is -0.162. The average molecular weight is 325 g/mol. The molecule has 4 rings (SSSR count). The lowest BCUT2D eigenvalue weighted by Crippen LogP contribution is -2.62. The van der Waals surface area contributed by atoms with Crippen LogP contribution in [0, 0.1) is 0 Å². The fourth-order valence-electron chi connectivity index (χ4n) is 3.72. The van der Waals surface area contributed by atoms with Crippen LogP contribution in [0.5, 0.6) is 0 Å². The number of ether oxygens (including phenoxy) is 1. The Bertz CT molecular complexity index is 744. The first-order valence-corrected chi connectivity index (χ1v) is 8.39. The van der Waals surface area contributed by atoms with Crippen molar-refractivity contribution >= 4 is 5.91 Å². The minimum atomic E-state index is 0.0138. The Morgan fingerprint density at radius 3 is 2.54 bits per heavy atom. The molecule has 1 amide bonds. The molecule has 1 aromatic heterocycles. The number of carbonyl (C=O) groups excluding carboxylic acids is 1. The van der Waals surface area contributed by atoms with Crippen molar-refractivity contribution in [1.29, 1.82) is 0 Å². The lowest BCUT2D eigenvalue weighted by Gasteiger charge is -2.52. The van der Waals surface area contributed by atoms with E-state index in [-0.39, 0.29) is 11.4 Å².